The van der Waals surface area contributed by atoms with E-state index in [4.69, 9.17) is 5.11 Å². The van der Waals surface area contributed by atoms with Crippen molar-refractivity contribution in [1.29, 1.82) is 0 Å². The highest BCUT2D eigenvalue weighted by atomic mass is 32.2. The Labute approximate surface area is 115 Å². The molecule has 0 amide bonds. The molecule has 1 aliphatic rings. The average molecular weight is 292 g/mol. The van der Waals surface area contributed by atoms with Crippen LogP contribution in [0.15, 0.2) is 0 Å². The maximum atomic E-state index is 12.3. The minimum Gasteiger partial charge on any atom is -0.481 e. The van der Waals surface area contributed by atoms with E-state index in [1.807, 2.05) is 0 Å². The zero-order valence-electron chi connectivity index (χ0n) is 11.9. The standard InChI is InChI=1S/C12H24N2O4S/c1-10-6-4-5-7-11(10)14(3)19(17,18)13(2)9-8-12(15)16/h10-11H,4-9H2,1-3H3,(H,15,16). The Hall–Kier alpha value is -0.660. The Balaban J connectivity index is 2.71. The molecule has 0 aromatic carbocycles. The molecule has 0 aromatic rings. The van der Waals surface area contributed by atoms with Gasteiger partial charge >= 0.3 is 5.97 Å². The number of hydrogen-bond donors (Lipinski definition) is 1. The second kappa shape index (κ2) is 6.67. The predicted octanol–water partition coefficient (Wildman–Crippen LogP) is 1.15. The first-order chi connectivity index (χ1) is 8.76. The molecule has 2 unspecified atom stereocenters. The summed E-state index contributed by atoms with van der Waals surface area (Å²) in [6, 6.07) is 0.0195. The smallest absolute Gasteiger partial charge is 0.304 e. The normalized spacial score (nSPS) is 24.9. The van der Waals surface area contributed by atoms with Crippen LogP contribution in [0.25, 0.3) is 0 Å². The number of carbonyl (C=O) groups is 1. The van der Waals surface area contributed by atoms with E-state index in [2.05, 4.69) is 6.92 Å². The van der Waals surface area contributed by atoms with E-state index in [1.165, 1.54) is 11.4 Å². The summed E-state index contributed by atoms with van der Waals surface area (Å²) in [5.41, 5.74) is 0. The van der Waals surface area contributed by atoms with Gasteiger partial charge in [0.2, 0.25) is 0 Å². The highest BCUT2D eigenvalue weighted by molar-refractivity contribution is 7.86. The Morgan fingerprint density at radius 1 is 1.26 bits per heavy atom. The first-order valence-electron chi connectivity index (χ1n) is 6.68. The van der Waals surface area contributed by atoms with Crippen molar-refractivity contribution in [2.45, 2.75) is 45.1 Å². The molecule has 1 aliphatic carbocycles. The van der Waals surface area contributed by atoms with Gasteiger partial charge in [0.05, 0.1) is 6.42 Å². The average Bonchev–Trinajstić information content (AvgIpc) is 2.35. The van der Waals surface area contributed by atoms with Gasteiger partial charge in [0, 0.05) is 26.7 Å². The first kappa shape index (κ1) is 16.4. The van der Waals surface area contributed by atoms with Crippen molar-refractivity contribution in [2.24, 2.45) is 5.92 Å². The van der Waals surface area contributed by atoms with Crippen molar-refractivity contribution in [3.05, 3.63) is 0 Å². The van der Waals surface area contributed by atoms with Crippen LogP contribution >= 0.6 is 0 Å². The van der Waals surface area contributed by atoms with Gasteiger partial charge in [0.25, 0.3) is 10.2 Å². The second-order valence-electron chi connectivity index (χ2n) is 5.32. The third kappa shape index (κ3) is 4.15. The fraction of sp³-hybridized carbons (Fsp3) is 0.917. The number of nitrogens with zero attached hydrogens (tertiary/aromatic N) is 2. The van der Waals surface area contributed by atoms with Crippen molar-refractivity contribution in [3.8, 4) is 0 Å². The van der Waals surface area contributed by atoms with E-state index in [0.29, 0.717) is 5.92 Å². The second-order valence-corrected chi connectivity index (χ2v) is 7.41. The monoisotopic (exact) mass is 292 g/mol. The van der Waals surface area contributed by atoms with Gasteiger partial charge < -0.3 is 5.11 Å². The molecular formula is C12H24N2O4S. The van der Waals surface area contributed by atoms with E-state index in [1.54, 1.807) is 7.05 Å². The lowest BCUT2D eigenvalue weighted by atomic mass is 9.86. The van der Waals surface area contributed by atoms with Crippen LogP contribution in [0.4, 0.5) is 0 Å². The number of carboxylic acids is 1. The number of hydrogen-bond acceptors (Lipinski definition) is 3. The molecule has 0 spiro atoms. The minimum atomic E-state index is -3.56. The third-order valence-electron chi connectivity index (χ3n) is 3.93. The molecule has 0 aliphatic heterocycles. The maximum Gasteiger partial charge on any atom is 0.304 e. The molecule has 2 atom stereocenters. The molecular weight excluding hydrogens is 268 g/mol. The van der Waals surface area contributed by atoms with E-state index in [0.717, 1.165) is 30.0 Å². The van der Waals surface area contributed by atoms with Gasteiger partial charge in [-0.25, -0.2) is 0 Å². The van der Waals surface area contributed by atoms with Gasteiger partial charge in [-0.2, -0.15) is 17.0 Å². The Kier molecular flexibility index (Phi) is 5.76. The highest BCUT2D eigenvalue weighted by Crippen LogP contribution is 2.29. The summed E-state index contributed by atoms with van der Waals surface area (Å²) >= 11 is 0. The molecule has 6 nitrogen and oxygen atoms in total. The molecule has 1 N–H and O–H groups in total. The zero-order valence-corrected chi connectivity index (χ0v) is 12.7. The Morgan fingerprint density at radius 2 is 1.84 bits per heavy atom. The Morgan fingerprint density at radius 3 is 2.37 bits per heavy atom. The van der Waals surface area contributed by atoms with Crippen molar-refractivity contribution >= 4 is 16.2 Å². The molecule has 0 heterocycles. The van der Waals surface area contributed by atoms with Gasteiger partial charge in [0.1, 0.15) is 0 Å². The molecule has 0 bridgehead atoms. The summed E-state index contributed by atoms with van der Waals surface area (Å²) in [6.07, 6.45) is 3.95. The van der Waals surface area contributed by atoms with Gasteiger partial charge in [-0.3, -0.25) is 4.79 Å². The number of rotatable bonds is 6. The molecule has 1 saturated carbocycles. The minimum absolute atomic E-state index is 0.00308. The van der Waals surface area contributed by atoms with Crippen molar-refractivity contribution in [2.75, 3.05) is 20.6 Å². The van der Waals surface area contributed by atoms with Crippen LogP contribution in [-0.2, 0) is 15.0 Å². The Bertz CT molecular complexity index is 410. The number of carboxylic acid groups (broad SMARTS) is 1. The summed E-state index contributed by atoms with van der Waals surface area (Å²) < 4.78 is 27.2. The summed E-state index contributed by atoms with van der Waals surface area (Å²) in [4.78, 5) is 10.5. The van der Waals surface area contributed by atoms with Crippen LogP contribution in [0.3, 0.4) is 0 Å². The molecule has 1 fully saturated rings. The lowest BCUT2D eigenvalue weighted by Crippen LogP contribution is -2.48. The van der Waals surface area contributed by atoms with Crippen molar-refractivity contribution in [3.63, 3.8) is 0 Å². The fourth-order valence-electron chi connectivity index (χ4n) is 2.60. The highest BCUT2D eigenvalue weighted by Gasteiger charge is 2.34. The van der Waals surface area contributed by atoms with E-state index in [-0.39, 0.29) is 19.0 Å². The SMILES string of the molecule is CC1CCCCC1N(C)S(=O)(=O)N(C)CCC(=O)O. The van der Waals surface area contributed by atoms with Crippen LogP contribution in [0.5, 0.6) is 0 Å². The van der Waals surface area contributed by atoms with Crippen LogP contribution in [0, 0.1) is 5.92 Å². The van der Waals surface area contributed by atoms with E-state index < -0.39 is 16.2 Å². The molecule has 0 aromatic heterocycles. The first-order valence-corrected chi connectivity index (χ1v) is 8.07. The van der Waals surface area contributed by atoms with Crippen molar-refractivity contribution < 1.29 is 18.3 Å². The van der Waals surface area contributed by atoms with Crippen LogP contribution < -0.4 is 0 Å². The molecule has 7 heteroatoms. The predicted molar refractivity (Wildman–Crippen MR) is 73.0 cm³/mol. The molecule has 112 valence electrons. The van der Waals surface area contributed by atoms with Gasteiger partial charge in [-0.05, 0) is 18.8 Å². The van der Waals surface area contributed by atoms with Crippen LogP contribution in [-0.4, -0.2) is 54.8 Å². The van der Waals surface area contributed by atoms with Crippen LogP contribution in [0.2, 0.25) is 0 Å². The third-order valence-corrected chi connectivity index (χ3v) is 5.90. The van der Waals surface area contributed by atoms with Gasteiger partial charge in [-0.15, -0.1) is 0 Å². The summed E-state index contributed by atoms with van der Waals surface area (Å²) in [6.45, 7) is 2.08. The lowest BCUT2D eigenvalue weighted by Gasteiger charge is -2.37. The maximum absolute atomic E-state index is 12.3. The van der Waals surface area contributed by atoms with Crippen molar-refractivity contribution in [1.82, 2.24) is 8.61 Å². The summed E-state index contributed by atoms with van der Waals surface area (Å²) in [5, 5.41) is 8.62. The lowest BCUT2D eigenvalue weighted by molar-refractivity contribution is -0.137. The zero-order chi connectivity index (χ0) is 14.6. The number of aliphatic carboxylic acids is 1. The van der Waals surface area contributed by atoms with E-state index in [9.17, 15) is 13.2 Å². The van der Waals surface area contributed by atoms with Gasteiger partial charge in [-0.1, -0.05) is 19.8 Å². The fourth-order valence-corrected chi connectivity index (χ4v) is 4.01. The largest absolute Gasteiger partial charge is 0.481 e. The molecule has 0 radical (unpaired) electrons. The molecule has 19 heavy (non-hydrogen) atoms. The molecule has 0 saturated heterocycles. The van der Waals surface area contributed by atoms with Crippen LogP contribution in [0.1, 0.15) is 39.0 Å². The summed E-state index contributed by atoms with van der Waals surface area (Å²) in [7, 11) is -0.535. The topological polar surface area (TPSA) is 77.9 Å². The molecule has 1 rings (SSSR count). The summed E-state index contributed by atoms with van der Waals surface area (Å²) in [5.74, 6) is -0.642. The van der Waals surface area contributed by atoms with E-state index >= 15 is 0 Å². The van der Waals surface area contributed by atoms with Gasteiger partial charge in [0.15, 0.2) is 0 Å². The quantitative estimate of drug-likeness (QED) is 0.796.